The molecule has 0 bridgehead atoms. The number of ether oxygens (including phenoxy) is 1. The van der Waals surface area contributed by atoms with Gasteiger partial charge in [0.1, 0.15) is 0 Å². The first-order valence-electron chi connectivity index (χ1n) is 6.12. The van der Waals surface area contributed by atoms with Gasteiger partial charge in [-0.15, -0.1) is 0 Å². The third-order valence-corrected chi connectivity index (χ3v) is 2.63. The van der Waals surface area contributed by atoms with Gasteiger partial charge in [0.15, 0.2) is 0 Å². The summed E-state index contributed by atoms with van der Waals surface area (Å²) in [4.78, 5) is 4.25. The molecule has 0 amide bonds. The van der Waals surface area contributed by atoms with E-state index in [1.54, 1.807) is 6.20 Å². The summed E-state index contributed by atoms with van der Waals surface area (Å²) in [5.74, 6) is 0.654. The number of anilines is 1. The largest absolute Gasteiger partial charge is 0.473 e. The molecule has 0 saturated heterocycles. The highest BCUT2D eigenvalue weighted by Crippen LogP contribution is 2.22. The minimum atomic E-state index is 0.121. The molecular weight excluding hydrogens is 226 g/mol. The van der Waals surface area contributed by atoms with Crippen LogP contribution in [0.2, 0.25) is 0 Å². The van der Waals surface area contributed by atoms with Gasteiger partial charge in [0.25, 0.3) is 0 Å². The van der Waals surface area contributed by atoms with Crippen molar-refractivity contribution in [2.75, 3.05) is 5.32 Å². The Morgan fingerprint density at radius 1 is 1.33 bits per heavy atom. The van der Waals surface area contributed by atoms with Crippen LogP contribution in [-0.2, 0) is 13.6 Å². The normalized spacial score (nSPS) is 10.7. The Hall–Kier alpha value is -1.97. The number of pyridine rings is 1. The Balaban J connectivity index is 2.07. The van der Waals surface area contributed by atoms with Crippen LogP contribution < -0.4 is 10.1 Å². The second kappa shape index (κ2) is 5.58. The number of hydrogen-bond donors (Lipinski definition) is 1. The zero-order valence-corrected chi connectivity index (χ0v) is 11.1. The van der Waals surface area contributed by atoms with E-state index in [4.69, 9.17) is 4.74 Å². The van der Waals surface area contributed by atoms with Gasteiger partial charge >= 0.3 is 0 Å². The second-order valence-corrected chi connectivity index (χ2v) is 4.49. The molecule has 96 valence electrons. The van der Waals surface area contributed by atoms with E-state index in [-0.39, 0.29) is 6.10 Å². The number of nitrogens with zero attached hydrogens (tertiary/aromatic N) is 2. The van der Waals surface area contributed by atoms with E-state index in [9.17, 15) is 0 Å². The van der Waals surface area contributed by atoms with Gasteiger partial charge in [0.2, 0.25) is 5.88 Å². The molecular formula is C14H19N3O. The van der Waals surface area contributed by atoms with Crippen LogP contribution in [0.5, 0.6) is 5.88 Å². The summed E-state index contributed by atoms with van der Waals surface area (Å²) in [7, 11) is 2.03. The van der Waals surface area contributed by atoms with Crippen molar-refractivity contribution in [3.8, 4) is 5.88 Å². The van der Waals surface area contributed by atoms with Gasteiger partial charge in [-0.25, -0.2) is 4.98 Å². The fourth-order valence-corrected chi connectivity index (χ4v) is 1.71. The van der Waals surface area contributed by atoms with Gasteiger partial charge in [-0.3, -0.25) is 0 Å². The van der Waals surface area contributed by atoms with E-state index in [1.807, 2.05) is 45.3 Å². The fourth-order valence-electron chi connectivity index (χ4n) is 1.71. The molecule has 0 aromatic carbocycles. The van der Waals surface area contributed by atoms with Crippen molar-refractivity contribution in [2.45, 2.75) is 26.5 Å². The van der Waals surface area contributed by atoms with Crippen LogP contribution in [-0.4, -0.2) is 15.7 Å². The molecule has 0 atom stereocenters. The highest BCUT2D eigenvalue weighted by Gasteiger charge is 2.06. The van der Waals surface area contributed by atoms with Crippen LogP contribution in [0.15, 0.2) is 36.7 Å². The molecule has 2 heterocycles. The van der Waals surface area contributed by atoms with Gasteiger partial charge in [-0.2, -0.15) is 0 Å². The highest BCUT2D eigenvalue weighted by atomic mass is 16.5. The van der Waals surface area contributed by atoms with E-state index in [1.165, 1.54) is 5.69 Å². The van der Waals surface area contributed by atoms with Crippen LogP contribution in [0.25, 0.3) is 0 Å². The number of aryl methyl sites for hydroxylation is 1. The zero-order chi connectivity index (χ0) is 13.0. The van der Waals surface area contributed by atoms with Gasteiger partial charge in [-0.05, 0) is 38.1 Å². The van der Waals surface area contributed by atoms with Crippen LogP contribution in [0.4, 0.5) is 5.69 Å². The molecule has 0 radical (unpaired) electrons. The van der Waals surface area contributed by atoms with E-state index >= 15 is 0 Å². The number of rotatable bonds is 5. The topological polar surface area (TPSA) is 39.1 Å². The van der Waals surface area contributed by atoms with Crippen LogP contribution in [0, 0.1) is 0 Å². The third-order valence-electron chi connectivity index (χ3n) is 2.63. The van der Waals surface area contributed by atoms with Crippen molar-refractivity contribution >= 4 is 5.69 Å². The lowest BCUT2D eigenvalue weighted by atomic mass is 10.3. The lowest BCUT2D eigenvalue weighted by molar-refractivity contribution is 0.234. The molecule has 0 aliphatic rings. The lowest BCUT2D eigenvalue weighted by Gasteiger charge is -2.14. The molecule has 0 aliphatic carbocycles. The van der Waals surface area contributed by atoms with E-state index in [0.29, 0.717) is 5.88 Å². The van der Waals surface area contributed by atoms with E-state index in [0.717, 1.165) is 12.2 Å². The molecule has 4 nitrogen and oxygen atoms in total. The van der Waals surface area contributed by atoms with Gasteiger partial charge in [-0.1, -0.05) is 0 Å². The third kappa shape index (κ3) is 3.03. The maximum atomic E-state index is 5.67. The van der Waals surface area contributed by atoms with Gasteiger partial charge in [0.05, 0.1) is 18.3 Å². The van der Waals surface area contributed by atoms with Crippen LogP contribution >= 0.6 is 0 Å². The first kappa shape index (κ1) is 12.5. The summed E-state index contributed by atoms with van der Waals surface area (Å²) in [6.45, 7) is 4.74. The van der Waals surface area contributed by atoms with Crippen molar-refractivity contribution < 1.29 is 4.74 Å². The molecule has 0 spiro atoms. The van der Waals surface area contributed by atoms with Gasteiger partial charge in [0, 0.05) is 25.1 Å². The molecule has 2 rings (SSSR count). The molecule has 18 heavy (non-hydrogen) atoms. The second-order valence-electron chi connectivity index (χ2n) is 4.49. The van der Waals surface area contributed by atoms with Crippen molar-refractivity contribution in [1.82, 2.24) is 9.55 Å². The Labute approximate surface area is 108 Å². The molecule has 1 N–H and O–H groups in total. The first-order valence-corrected chi connectivity index (χ1v) is 6.12. The molecule has 4 heteroatoms. The predicted octanol–water partition coefficient (Wildman–Crippen LogP) is 2.82. The zero-order valence-electron chi connectivity index (χ0n) is 11.1. The molecule has 2 aromatic heterocycles. The molecule has 2 aromatic rings. The quantitative estimate of drug-likeness (QED) is 0.880. The standard InChI is InChI=1S/C14H19N3O/c1-11(2)18-14-13(7-4-8-15-14)16-10-12-6-5-9-17(12)3/h4-9,11,16H,10H2,1-3H3. The number of aromatic nitrogens is 2. The Morgan fingerprint density at radius 3 is 2.83 bits per heavy atom. The van der Waals surface area contributed by atoms with Crippen molar-refractivity contribution in [2.24, 2.45) is 7.05 Å². The van der Waals surface area contributed by atoms with Crippen LogP contribution in [0.1, 0.15) is 19.5 Å². The predicted molar refractivity (Wildman–Crippen MR) is 72.7 cm³/mol. The Bertz CT molecular complexity index is 505. The monoisotopic (exact) mass is 245 g/mol. The summed E-state index contributed by atoms with van der Waals surface area (Å²) < 4.78 is 7.75. The number of nitrogens with one attached hydrogen (secondary N) is 1. The van der Waals surface area contributed by atoms with E-state index < -0.39 is 0 Å². The molecule has 0 saturated carbocycles. The summed E-state index contributed by atoms with van der Waals surface area (Å²) in [6, 6.07) is 8.01. The smallest absolute Gasteiger partial charge is 0.237 e. The van der Waals surface area contributed by atoms with Crippen LogP contribution in [0.3, 0.4) is 0 Å². The lowest BCUT2D eigenvalue weighted by Crippen LogP contribution is -2.10. The minimum absolute atomic E-state index is 0.121. The molecule has 0 aliphatic heterocycles. The Kier molecular flexibility index (Phi) is 3.87. The average Bonchev–Trinajstić information content (AvgIpc) is 2.73. The minimum Gasteiger partial charge on any atom is -0.473 e. The maximum absolute atomic E-state index is 5.67. The van der Waals surface area contributed by atoms with Crippen molar-refractivity contribution in [1.29, 1.82) is 0 Å². The molecule has 0 unspecified atom stereocenters. The summed E-state index contributed by atoms with van der Waals surface area (Å²) in [5.41, 5.74) is 2.14. The number of hydrogen-bond acceptors (Lipinski definition) is 3. The highest BCUT2D eigenvalue weighted by molar-refractivity contribution is 5.52. The van der Waals surface area contributed by atoms with E-state index in [2.05, 4.69) is 20.9 Å². The fraction of sp³-hybridized carbons (Fsp3) is 0.357. The van der Waals surface area contributed by atoms with Gasteiger partial charge < -0.3 is 14.6 Å². The van der Waals surface area contributed by atoms with Crippen molar-refractivity contribution in [3.05, 3.63) is 42.4 Å². The average molecular weight is 245 g/mol. The first-order chi connectivity index (χ1) is 8.66. The summed E-state index contributed by atoms with van der Waals surface area (Å²) >= 11 is 0. The SMILES string of the molecule is CC(C)Oc1ncccc1NCc1cccn1C. The summed E-state index contributed by atoms with van der Waals surface area (Å²) in [5, 5.41) is 3.35. The Morgan fingerprint density at radius 2 is 2.17 bits per heavy atom. The molecule has 0 fully saturated rings. The van der Waals surface area contributed by atoms with Crippen molar-refractivity contribution in [3.63, 3.8) is 0 Å². The summed E-state index contributed by atoms with van der Waals surface area (Å²) in [6.07, 6.45) is 3.90. The maximum Gasteiger partial charge on any atom is 0.237 e.